The summed E-state index contributed by atoms with van der Waals surface area (Å²) in [5, 5.41) is 2.94. The molecule has 0 aliphatic rings. The summed E-state index contributed by atoms with van der Waals surface area (Å²) >= 11 is 1.71. The van der Waals surface area contributed by atoms with E-state index in [0.717, 1.165) is 27.6 Å². The van der Waals surface area contributed by atoms with Crippen molar-refractivity contribution in [3.05, 3.63) is 54.1 Å². The minimum Gasteiger partial charge on any atom is -0.483 e. The van der Waals surface area contributed by atoms with Crippen LogP contribution >= 0.6 is 11.8 Å². The average molecular weight is 343 g/mol. The first-order valence-electron chi connectivity index (χ1n) is 8.16. The number of ether oxygens (including phenoxy) is 1. The Morgan fingerprint density at radius 1 is 1.08 bits per heavy atom. The molecule has 3 nitrogen and oxygen atoms in total. The molecule has 2 aromatic rings. The lowest BCUT2D eigenvalue weighted by atomic mass is 9.86. The van der Waals surface area contributed by atoms with Crippen molar-refractivity contribution >= 4 is 23.4 Å². The molecule has 0 aliphatic carbocycles. The molecule has 0 bridgehead atoms. The van der Waals surface area contributed by atoms with Gasteiger partial charge in [-0.05, 0) is 34.9 Å². The van der Waals surface area contributed by atoms with Gasteiger partial charge in [0.2, 0.25) is 0 Å². The Kier molecular flexibility index (Phi) is 6.32. The molecule has 4 heteroatoms. The minimum absolute atomic E-state index is 0.00177. The number of rotatable bonds is 6. The number of hydrogen-bond donors (Lipinski definition) is 1. The van der Waals surface area contributed by atoms with Crippen LogP contribution in [0, 0.1) is 0 Å². The molecule has 0 radical (unpaired) electrons. The van der Waals surface area contributed by atoms with E-state index >= 15 is 0 Å². The first-order valence-corrected chi connectivity index (χ1v) is 9.14. The maximum atomic E-state index is 12.3. The van der Waals surface area contributed by atoms with Gasteiger partial charge in [0, 0.05) is 4.90 Å². The van der Waals surface area contributed by atoms with E-state index in [4.69, 9.17) is 4.74 Å². The summed E-state index contributed by atoms with van der Waals surface area (Å²) in [4.78, 5) is 13.3. The van der Waals surface area contributed by atoms with Crippen molar-refractivity contribution < 1.29 is 9.53 Å². The normalized spacial score (nSPS) is 11.2. The van der Waals surface area contributed by atoms with Gasteiger partial charge in [0.05, 0.1) is 5.69 Å². The van der Waals surface area contributed by atoms with E-state index in [1.807, 2.05) is 48.5 Å². The third kappa shape index (κ3) is 5.03. The summed E-state index contributed by atoms with van der Waals surface area (Å²) in [5.74, 6) is 1.57. The van der Waals surface area contributed by atoms with Gasteiger partial charge in [-0.25, -0.2) is 0 Å². The van der Waals surface area contributed by atoms with Crippen molar-refractivity contribution in [2.45, 2.75) is 38.0 Å². The molecule has 0 saturated heterocycles. The summed E-state index contributed by atoms with van der Waals surface area (Å²) in [6.07, 6.45) is 0. The number of amides is 1. The summed E-state index contributed by atoms with van der Waals surface area (Å²) in [6, 6.07) is 15.7. The molecule has 1 amide bonds. The van der Waals surface area contributed by atoms with E-state index in [0.29, 0.717) is 0 Å². The molecule has 2 aromatic carbocycles. The molecule has 1 N–H and O–H groups in total. The van der Waals surface area contributed by atoms with Crippen molar-refractivity contribution in [3.8, 4) is 5.75 Å². The minimum atomic E-state index is -0.150. The Bertz CT molecular complexity index is 692. The zero-order valence-electron chi connectivity index (χ0n) is 14.8. The molecule has 2 rings (SSSR count). The molecule has 0 spiro atoms. The van der Waals surface area contributed by atoms with Gasteiger partial charge in [0.1, 0.15) is 5.75 Å². The molecular formula is C20H25NO2S. The predicted octanol–water partition coefficient (Wildman–Crippen LogP) is 5.11. The zero-order chi connectivity index (χ0) is 17.6. The lowest BCUT2D eigenvalue weighted by Crippen LogP contribution is -2.22. The van der Waals surface area contributed by atoms with Crippen LogP contribution in [0.5, 0.6) is 5.75 Å². The number of benzene rings is 2. The Morgan fingerprint density at radius 3 is 2.46 bits per heavy atom. The highest BCUT2D eigenvalue weighted by Crippen LogP contribution is 2.31. The summed E-state index contributed by atoms with van der Waals surface area (Å²) in [6.45, 7) is 8.49. The first kappa shape index (κ1) is 18.4. The van der Waals surface area contributed by atoms with E-state index < -0.39 is 0 Å². The van der Waals surface area contributed by atoms with Crippen molar-refractivity contribution in [2.24, 2.45) is 0 Å². The second-order valence-corrected chi connectivity index (χ2v) is 7.82. The van der Waals surface area contributed by atoms with Crippen LogP contribution in [-0.2, 0) is 10.2 Å². The molecule has 128 valence electrons. The first-order chi connectivity index (χ1) is 11.4. The van der Waals surface area contributed by atoms with E-state index in [9.17, 15) is 4.79 Å². The molecule has 0 aliphatic heterocycles. The number of carbonyl (C=O) groups is 1. The van der Waals surface area contributed by atoms with Crippen LogP contribution in [0.1, 0.15) is 33.3 Å². The van der Waals surface area contributed by atoms with Crippen LogP contribution in [0.4, 0.5) is 5.69 Å². The predicted molar refractivity (Wildman–Crippen MR) is 102 cm³/mol. The fourth-order valence-electron chi connectivity index (χ4n) is 2.39. The summed E-state index contributed by atoms with van der Waals surface area (Å²) in [5.41, 5.74) is 1.90. The fourth-order valence-corrected chi connectivity index (χ4v) is 3.15. The topological polar surface area (TPSA) is 38.3 Å². The maximum Gasteiger partial charge on any atom is 0.262 e. The molecule has 24 heavy (non-hydrogen) atoms. The number of nitrogens with one attached hydrogen (secondary N) is 1. The SMILES string of the molecule is CCSc1ccccc1NC(=O)COc1ccccc1C(C)(C)C. The third-order valence-electron chi connectivity index (χ3n) is 3.51. The standard InChI is InChI=1S/C20H25NO2S/c1-5-24-18-13-9-7-11-16(18)21-19(22)14-23-17-12-8-6-10-15(17)20(2,3)4/h6-13H,5,14H2,1-4H3,(H,21,22). The molecule has 0 atom stereocenters. The largest absolute Gasteiger partial charge is 0.483 e. The number of para-hydroxylation sites is 2. The highest BCUT2D eigenvalue weighted by Gasteiger charge is 2.19. The number of anilines is 1. The zero-order valence-corrected chi connectivity index (χ0v) is 15.6. The Balaban J connectivity index is 2.02. The van der Waals surface area contributed by atoms with Crippen molar-refractivity contribution in [1.82, 2.24) is 0 Å². The maximum absolute atomic E-state index is 12.3. The Morgan fingerprint density at radius 2 is 1.75 bits per heavy atom. The van der Waals surface area contributed by atoms with Gasteiger partial charge >= 0.3 is 0 Å². The smallest absolute Gasteiger partial charge is 0.262 e. The van der Waals surface area contributed by atoms with Crippen LogP contribution in [0.25, 0.3) is 0 Å². The second-order valence-electron chi connectivity index (χ2n) is 6.51. The van der Waals surface area contributed by atoms with Gasteiger partial charge in [0.15, 0.2) is 6.61 Å². The highest BCUT2D eigenvalue weighted by molar-refractivity contribution is 7.99. The summed E-state index contributed by atoms with van der Waals surface area (Å²) in [7, 11) is 0. The molecular weight excluding hydrogens is 318 g/mol. The Hall–Kier alpha value is -1.94. The number of carbonyl (C=O) groups excluding carboxylic acids is 1. The van der Waals surface area contributed by atoms with Crippen molar-refractivity contribution in [3.63, 3.8) is 0 Å². The van der Waals surface area contributed by atoms with E-state index in [1.165, 1.54) is 0 Å². The quantitative estimate of drug-likeness (QED) is 0.740. The monoisotopic (exact) mass is 343 g/mol. The van der Waals surface area contributed by atoms with Gasteiger partial charge in [-0.15, -0.1) is 11.8 Å². The van der Waals surface area contributed by atoms with Gasteiger partial charge in [-0.2, -0.15) is 0 Å². The van der Waals surface area contributed by atoms with Crippen LogP contribution in [0.15, 0.2) is 53.4 Å². The van der Waals surface area contributed by atoms with Gasteiger partial charge < -0.3 is 10.1 Å². The second kappa shape index (κ2) is 8.25. The lowest BCUT2D eigenvalue weighted by Gasteiger charge is -2.22. The average Bonchev–Trinajstić information content (AvgIpc) is 2.54. The van der Waals surface area contributed by atoms with Gasteiger partial charge in [-0.1, -0.05) is 58.0 Å². The third-order valence-corrected chi connectivity index (χ3v) is 4.47. The Labute approximate surface area is 148 Å². The van der Waals surface area contributed by atoms with Crippen LogP contribution in [-0.4, -0.2) is 18.3 Å². The number of thioether (sulfide) groups is 1. The fraction of sp³-hybridized carbons (Fsp3) is 0.350. The van der Waals surface area contributed by atoms with E-state index in [1.54, 1.807) is 11.8 Å². The van der Waals surface area contributed by atoms with Crippen LogP contribution < -0.4 is 10.1 Å². The number of hydrogen-bond acceptors (Lipinski definition) is 3. The van der Waals surface area contributed by atoms with Gasteiger partial charge in [0.25, 0.3) is 5.91 Å². The molecule has 0 unspecified atom stereocenters. The lowest BCUT2D eigenvalue weighted by molar-refractivity contribution is -0.118. The van der Waals surface area contributed by atoms with Crippen LogP contribution in [0.3, 0.4) is 0 Å². The molecule has 0 heterocycles. The van der Waals surface area contributed by atoms with E-state index in [2.05, 4.69) is 33.0 Å². The molecule has 0 aromatic heterocycles. The summed E-state index contributed by atoms with van der Waals surface area (Å²) < 4.78 is 5.78. The molecule has 0 saturated carbocycles. The molecule has 0 fully saturated rings. The van der Waals surface area contributed by atoms with Crippen molar-refractivity contribution in [1.29, 1.82) is 0 Å². The highest BCUT2D eigenvalue weighted by atomic mass is 32.2. The van der Waals surface area contributed by atoms with Crippen LogP contribution in [0.2, 0.25) is 0 Å². The van der Waals surface area contributed by atoms with E-state index in [-0.39, 0.29) is 17.9 Å². The van der Waals surface area contributed by atoms with Gasteiger partial charge in [-0.3, -0.25) is 4.79 Å². The van der Waals surface area contributed by atoms with Crippen molar-refractivity contribution in [2.75, 3.05) is 17.7 Å².